The summed E-state index contributed by atoms with van der Waals surface area (Å²) in [5.41, 5.74) is 3.29. The number of methoxy groups -OCH3 is 1. The molecular formula is C22H24ClN3O3. The van der Waals surface area contributed by atoms with E-state index in [2.05, 4.69) is 0 Å². The number of benzene rings is 2. The Balaban J connectivity index is 1.55. The Morgan fingerprint density at radius 1 is 1.10 bits per heavy atom. The molecule has 152 valence electrons. The highest BCUT2D eigenvalue weighted by atomic mass is 35.5. The molecule has 0 radical (unpaired) electrons. The first kappa shape index (κ1) is 19.6. The number of halogens is 1. The van der Waals surface area contributed by atoms with Crippen LogP contribution in [-0.4, -0.2) is 40.1 Å². The van der Waals surface area contributed by atoms with E-state index in [9.17, 15) is 9.59 Å². The molecule has 1 fully saturated rings. The van der Waals surface area contributed by atoms with Crippen molar-refractivity contribution >= 4 is 28.5 Å². The summed E-state index contributed by atoms with van der Waals surface area (Å²) in [6.07, 6.45) is 1.47. The van der Waals surface area contributed by atoms with Gasteiger partial charge in [0.25, 0.3) is 5.91 Å². The maximum Gasteiger partial charge on any atom is 0.329 e. The van der Waals surface area contributed by atoms with Gasteiger partial charge in [-0.25, -0.2) is 4.79 Å². The van der Waals surface area contributed by atoms with Gasteiger partial charge in [-0.1, -0.05) is 17.7 Å². The molecule has 2 heterocycles. The maximum atomic E-state index is 12.9. The van der Waals surface area contributed by atoms with E-state index in [1.54, 1.807) is 24.8 Å². The highest BCUT2D eigenvalue weighted by Gasteiger charge is 2.27. The molecule has 0 N–H and O–H groups in total. The quantitative estimate of drug-likeness (QED) is 0.656. The van der Waals surface area contributed by atoms with Crippen molar-refractivity contribution in [2.75, 3.05) is 20.2 Å². The standard InChI is InChI=1S/C22H24ClN3O3/c1-14-4-5-15(12-20(14)29-3)21(27)25-10-8-17(9-11-25)26-18-7-6-16(23)13-19(18)24(2)22(26)28/h4-7,12-13,17H,8-11H2,1-3H3. The molecule has 0 saturated carbocycles. The molecule has 6 nitrogen and oxygen atoms in total. The Bertz CT molecular complexity index is 1140. The summed E-state index contributed by atoms with van der Waals surface area (Å²) in [7, 11) is 3.37. The lowest BCUT2D eigenvalue weighted by molar-refractivity contribution is 0.0694. The zero-order chi connectivity index (χ0) is 20.7. The number of hydrogen-bond acceptors (Lipinski definition) is 3. The molecule has 1 aromatic heterocycles. The molecule has 1 aliphatic heterocycles. The van der Waals surface area contributed by atoms with Crippen LogP contribution in [0, 0.1) is 6.92 Å². The Hall–Kier alpha value is -2.73. The first-order valence-electron chi connectivity index (χ1n) is 9.71. The lowest BCUT2D eigenvalue weighted by Crippen LogP contribution is -2.40. The molecule has 1 saturated heterocycles. The van der Waals surface area contributed by atoms with Gasteiger partial charge in [-0.05, 0) is 55.7 Å². The van der Waals surface area contributed by atoms with Gasteiger partial charge >= 0.3 is 5.69 Å². The zero-order valence-electron chi connectivity index (χ0n) is 16.8. The second-order valence-electron chi connectivity index (χ2n) is 7.55. The molecule has 2 aromatic carbocycles. The number of aryl methyl sites for hydroxylation is 2. The van der Waals surface area contributed by atoms with Crippen molar-refractivity contribution < 1.29 is 9.53 Å². The second kappa shape index (κ2) is 7.59. The van der Waals surface area contributed by atoms with E-state index in [-0.39, 0.29) is 17.6 Å². The largest absolute Gasteiger partial charge is 0.496 e. The van der Waals surface area contributed by atoms with Crippen molar-refractivity contribution in [1.82, 2.24) is 14.0 Å². The van der Waals surface area contributed by atoms with E-state index in [1.165, 1.54) is 0 Å². The van der Waals surface area contributed by atoms with Crippen molar-refractivity contribution in [3.63, 3.8) is 0 Å². The number of imidazole rings is 1. The number of fused-ring (bicyclic) bond motifs is 1. The van der Waals surface area contributed by atoms with Gasteiger partial charge in [0, 0.05) is 36.8 Å². The van der Waals surface area contributed by atoms with Crippen LogP contribution in [0.5, 0.6) is 5.75 Å². The van der Waals surface area contributed by atoms with Gasteiger partial charge in [0.2, 0.25) is 0 Å². The number of piperidine rings is 1. The highest BCUT2D eigenvalue weighted by Crippen LogP contribution is 2.28. The van der Waals surface area contributed by atoms with Crippen LogP contribution in [0.2, 0.25) is 5.02 Å². The molecule has 29 heavy (non-hydrogen) atoms. The molecule has 0 atom stereocenters. The number of amides is 1. The van der Waals surface area contributed by atoms with Crippen molar-refractivity contribution in [3.8, 4) is 5.75 Å². The number of ether oxygens (including phenoxy) is 1. The van der Waals surface area contributed by atoms with E-state index in [0.29, 0.717) is 29.4 Å². The lowest BCUT2D eigenvalue weighted by Gasteiger charge is -2.32. The topological polar surface area (TPSA) is 56.5 Å². The number of hydrogen-bond donors (Lipinski definition) is 0. The second-order valence-corrected chi connectivity index (χ2v) is 7.99. The minimum Gasteiger partial charge on any atom is -0.496 e. The molecule has 7 heteroatoms. The van der Waals surface area contributed by atoms with Crippen LogP contribution < -0.4 is 10.4 Å². The molecule has 0 bridgehead atoms. The SMILES string of the molecule is COc1cc(C(=O)N2CCC(n3c(=O)n(C)c4cc(Cl)ccc43)CC2)ccc1C. The van der Waals surface area contributed by atoms with Crippen LogP contribution in [0.25, 0.3) is 11.0 Å². The van der Waals surface area contributed by atoms with Crippen molar-refractivity contribution in [1.29, 1.82) is 0 Å². The van der Waals surface area contributed by atoms with E-state index in [4.69, 9.17) is 16.3 Å². The average Bonchev–Trinajstić information content (AvgIpc) is 2.98. The Labute approximate surface area is 174 Å². The lowest BCUT2D eigenvalue weighted by atomic mass is 10.0. The number of likely N-dealkylation sites (tertiary alicyclic amines) is 1. The molecule has 3 aromatic rings. The highest BCUT2D eigenvalue weighted by molar-refractivity contribution is 6.31. The van der Waals surface area contributed by atoms with Gasteiger partial charge in [0.15, 0.2) is 0 Å². The van der Waals surface area contributed by atoms with Crippen LogP contribution in [0.1, 0.15) is 34.8 Å². The molecule has 1 aliphatic rings. The summed E-state index contributed by atoms with van der Waals surface area (Å²) in [4.78, 5) is 27.6. The van der Waals surface area contributed by atoms with Gasteiger partial charge in [-0.3, -0.25) is 13.9 Å². The summed E-state index contributed by atoms with van der Waals surface area (Å²) < 4.78 is 8.83. The fourth-order valence-corrected chi connectivity index (χ4v) is 4.32. The van der Waals surface area contributed by atoms with Gasteiger partial charge in [-0.2, -0.15) is 0 Å². The van der Waals surface area contributed by atoms with Gasteiger partial charge in [0.05, 0.1) is 18.1 Å². The van der Waals surface area contributed by atoms with E-state index in [1.807, 2.05) is 46.7 Å². The number of carbonyl (C=O) groups excluding carboxylic acids is 1. The van der Waals surface area contributed by atoms with Crippen LogP contribution in [0.15, 0.2) is 41.2 Å². The number of aromatic nitrogens is 2. The summed E-state index contributed by atoms with van der Waals surface area (Å²) in [6.45, 7) is 3.17. The Kier molecular flexibility index (Phi) is 5.13. The van der Waals surface area contributed by atoms with Crippen LogP contribution in [-0.2, 0) is 7.05 Å². The first-order valence-corrected chi connectivity index (χ1v) is 10.1. The Morgan fingerprint density at radius 2 is 1.83 bits per heavy atom. The third kappa shape index (κ3) is 3.42. The van der Waals surface area contributed by atoms with Crippen molar-refractivity contribution in [3.05, 3.63) is 63.0 Å². The van der Waals surface area contributed by atoms with E-state index in [0.717, 1.165) is 29.4 Å². The van der Waals surface area contributed by atoms with Crippen molar-refractivity contribution in [2.45, 2.75) is 25.8 Å². The number of rotatable bonds is 3. The maximum absolute atomic E-state index is 12.9. The third-order valence-electron chi connectivity index (χ3n) is 5.82. The Morgan fingerprint density at radius 3 is 2.52 bits per heavy atom. The molecule has 4 rings (SSSR count). The predicted molar refractivity (Wildman–Crippen MR) is 114 cm³/mol. The third-order valence-corrected chi connectivity index (χ3v) is 6.06. The summed E-state index contributed by atoms with van der Waals surface area (Å²) in [6, 6.07) is 11.1. The molecule has 1 amide bonds. The van der Waals surface area contributed by atoms with Crippen LogP contribution in [0.4, 0.5) is 0 Å². The zero-order valence-corrected chi connectivity index (χ0v) is 17.6. The molecule has 0 unspecified atom stereocenters. The average molecular weight is 414 g/mol. The number of carbonyl (C=O) groups is 1. The first-order chi connectivity index (χ1) is 13.9. The van der Waals surface area contributed by atoms with Gasteiger partial charge in [0.1, 0.15) is 5.75 Å². The van der Waals surface area contributed by atoms with Crippen molar-refractivity contribution in [2.24, 2.45) is 7.05 Å². The molecular weight excluding hydrogens is 390 g/mol. The molecule has 0 aliphatic carbocycles. The summed E-state index contributed by atoms with van der Waals surface area (Å²) in [5, 5.41) is 0.610. The minimum absolute atomic E-state index is 0.00111. The molecule has 0 spiro atoms. The predicted octanol–water partition coefficient (Wildman–Crippen LogP) is 3.79. The van der Waals surface area contributed by atoms with Crippen LogP contribution in [0.3, 0.4) is 0 Å². The van der Waals surface area contributed by atoms with Crippen LogP contribution >= 0.6 is 11.6 Å². The summed E-state index contributed by atoms with van der Waals surface area (Å²) >= 11 is 6.10. The van der Waals surface area contributed by atoms with E-state index < -0.39 is 0 Å². The van der Waals surface area contributed by atoms with Gasteiger partial charge < -0.3 is 9.64 Å². The normalized spacial score (nSPS) is 15.1. The fourth-order valence-electron chi connectivity index (χ4n) is 4.15. The summed E-state index contributed by atoms with van der Waals surface area (Å²) in [5.74, 6) is 0.713. The fraction of sp³-hybridized carbons (Fsp3) is 0.364. The minimum atomic E-state index is -0.0460. The number of nitrogens with zero attached hydrogens (tertiary/aromatic N) is 3. The smallest absolute Gasteiger partial charge is 0.329 e. The van der Waals surface area contributed by atoms with Gasteiger partial charge in [-0.15, -0.1) is 0 Å². The van der Waals surface area contributed by atoms with E-state index >= 15 is 0 Å². The monoisotopic (exact) mass is 413 g/mol.